The molecule has 4 rings (SSSR count). The van der Waals surface area contributed by atoms with Crippen LogP contribution in [0.25, 0.3) is 5.57 Å². The van der Waals surface area contributed by atoms with Gasteiger partial charge in [0, 0.05) is 16.2 Å². The number of benzene rings is 3. The molecule has 0 aliphatic heterocycles. The number of carbonyl (C=O) groups is 1. The van der Waals surface area contributed by atoms with Gasteiger partial charge in [0.1, 0.15) is 11.5 Å². The summed E-state index contributed by atoms with van der Waals surface area (Å²) in [4.78, 5) is 13.2. The van der Waals surface area contributed by atoms with Crippen LogP contribution in [0.15, 0.2) is 72.3 Å². The summed E-state index contributed by atoms with van der Waals surface area (Å²) >= 11 is 6.04. The third-order valence-corrected chi connectivity index (χ3v) is 5.10. The van der Waals surface area contributed by atoms with Crippen LogP contribution in [-0.2, 0) is 6.42 Å². The lowest BCUT2D eigenvalue weighted by atomic mass is 9.79. The van der Waals surface area contributed by atoms with Crippen LogP contribution < -0.4 is 0 Å². The van der Waals surface area contributed by atoms with Crippen molar-refractivity contribution >= 4 is 23.0 Å². The molecule has 0 amide bonds. The average molecular weight is 377 g/mol. The van der Waals surface area contributed by atoms with Crippen LogP contribution in [0.3, 0.4) is 0 Å². The first-order valence-corrected chi connectivity index (χ1v) is 9.06. The predicted octanol–water partition coefficient (Wildman–Crippen LogP) is 5.38. The van der Waals surface area contributed by atoms with Gasteiger partial charge >= 0.3 is 0 Å². The van der Waals surface area contributed by atoms with Gasteiger partial charge in [0.2, 0.25) is 0 Å². The Balaban J connectivity index is 1.93. The lowest BCUT2D eigenvalue weighted by molar-refractivity contribution is 0.103. The minimum absolute atomic E-state index is 0.0751. The molecule has 27 heavy (non-hydrogen) atoms. The fourth-order valence-corrected chi connectivity index (χ4v) is 3.65. The topological polar surface area (TPSA) is 57.5 Å². The molecule has 134 valence electrons. The number of halogens is 1. The highest BCUT2D eigenvalue weighted by Crippen LogP contribution is 2.39. The van der Waals surface area contributed by atoms with Crippen molar-refractivity contribution in [3.8, 4) is 11.5 Å². The highest BCUT2D eigenvalue weighted by Gasteiger charge is 2.25. The molecule has 1 aliphatic rings. The predicted molar refractivity (Wildman–Crippen MR) is 106 cm³/mol. The minimum Gasteiger partial charge on any atom is -0.508 e. The zero-order valence-corrected chi connectivity index (χ0v) is 15.2. The summed E-state index contributed by atoms with van der Waals surface area (Å²) in [5.74, 6) is 0.213. The number of carbonyl (C=O) groups excluding carboxylic acids is 1. The van der Waals surface area contributed by atoms with Crippen molar-refractivity contribution in [2.45, 2.75) is 12.8 Å². The first-order valence-electron chi connectivity index (χ1n) is 8.68. The highest BCUT2D eigenvalue weighted by atomic mass is 35.5. The standard InChI is InChI=1S/C23H17ClO3/c24-17-7-1-15(2-8-17)22-20(23(27)16-4-9-18(25)10-5-16)12-6-14-3-11-19(26)13-21(14)22/h1-5,7-11,13,25-26H,6,12H2. The van der Waals surface area contributed by atoms with E-state index in [1.807, 2.05) is 18.2 Å². The van der Waals surface area contributed by atoms with Crippen LogP contribution in [0.5, 0.6) is 11.5 Å². The first kappa shape index (κ1) is 17.4. The van der Waals surface area contributed by atoms with Crippen LogP contribution in [0, 0.1) is 0 Å². The molecule has 0 bridgehead atoms. The quantitative estimate of drug-likeness (QED) is 0.603. The third-order valence-electron chi connectivity index (χ3n) is 4.85. The van der Waals surface area contributed by atoms with E-state index in [0.29, 0.717) is 22.6 Å². The Morgan fingerprint density at radius 3 is 2.19 bits per heavy atom. The molecule has 0 saturated heterocycles. The molecule has 4 heteroatoms. The summed E-state index contributed by atoms with van der Waals surface area (Å²) in [5, 5.41) is 20.1. The van der Waals surface area contributed by atoms with Gasteiger partial charge in [-0.05, 0) is 83.6 Å². The maximum atomic E-state index is 13.2. The van der Waals surface area contributed by atoms with E-state index in [1.165, 1.54) is 12.1 Å². The van der Waals surface area contributed by atoms with Gasteiger partial charge in [0.05, 0.1) is 0 Å². The van der Waals surface area contributed by atoms with Crippen molar-refractivity contribution in [3.05, 3.63) is 99.6 Å². The van der Waals surface area contributed by atoms with Gasteiger partial charge in [-0.3, -0.25) is 4.79 Å². The molecule has 0 atom stereocenters. The molecule has 3 nitrogen and oxygen atoms in total. The van der Waals surface area contributed by atoms with Crippen LogP contribution in [0.2, 0.25) is 5.02 Å². The number of ketones is 1. The molecule has 0 saturated carbocycles. The number of phenols is 2. The number of phenolic OH excluding ortho intramolecular Hbond substituents is 2. The average Bonchev–Trinajstić information content (AvgIpc) is 2.68. The fourth-order valence-electron chi connectivity index (χ4n) is 3.52. The van der Waals surface area contributed by atoms with Gasteiger partial charge in [-0.2, -0.15) is 0 Å². The molecular formula is C23H17ClO3. The van der Waals surface area contributed by atoms with E-state index in [9.17, 15) is 15.0 Å². The Bertz CT molecular complexity index is 1050. The van der Waals surface area contributed by atoms with E-state index in [4.69, 9.17) is 11.6 Å². The summed E-state index contributed by atoms with van der Waals surface area (Å²) < 4.78 is 0. The zero-order valence-electron chi connectivity index (χ0n) is 14.4. The molecule has 0 heterocycles. The van der Waals surface area contributed by atoms with E-state index in [1.54, 1.807) is 36.4 Å². The number of hydrogen-bond acceptors (Lipinski definition) is 3. The van der Waals surface area contributed by atoms with Crippen molar-refractivity contribution in [3.63, 3.8) is 0 Å². The fraction of sp³-hybridized carbons (Fsp3) is 0.0870. The summed E-state index contributed by atoms with van der Waals surface area (Å²) in [6, 6.07) is 18.9. The number of aryl methyl sites for hydroxylation is 1. The lowest BCUT2D eigenvalue weighted by Gasteiger charge is -2.24. The Kier molecular flexibility index (Phi) is 4.46. The molecule has 0 aromatic heterocycles. The largest absolute Gasteiger partial charge is 0.508 e. The molecule has 3 aromatic rings. The molecule has 2 N–H and O–H groups in total. The van der Waals surface area contributed by atoms with E-state index >= 15 is 0 Å². The van der Waals surface area contributed by atoms with Crippen molar-refractivity contribution in [1.82, 2.24) is 0 Å². The first-order chi connectivity index (χ1) is 13.0. The summed E-state index contributed by atoms with van der Waals surface area (Å²) in [7, 11) is 0. The van der Waals surface area contributed by atoms with Crippen molar-refractivity contribution in [1.29, 1.82) is 0 Å². The molecule has 0 fully saturated rings. The smallest absolute Gasteiger partial charge is 0.189 e. The maximum absolute atomic E-state index is 13.2. The second kappa shape index (κ2) is 6.93. The van der Waals surface area contributed by atoms with Crippen LogP contribution in [-0.4, -0.2) is 16.0 Å². The molecule has 0 spiro atoms. The molecular weight excluding hydrogens is 360 g/mol. The Labute approximate surface area is 162 Å². The number of allylic oxidation sites excluding steroid dienone is 1. The molecule has 3 aromatic carbocycles. The monoisotopic (exact) mass is 376 g/mol. The lowest BCUT2D eigenvalue weighted by Crippen LogP contribution is -2.13. The Hall–Kier alpha value is -3.04. The maximum Gasteiger partial charge on any atom is 0.189 e. The molecule has 0 radical (unpaired) electrons. The van der Waals surface area contributed by atoms with Gasteiger partial charge < -0.3 is 10.2 Å². The summed E-state index contributed by atoms with van der Waals surface area (Å²) in [6.45, 7) is 0. The van der Waals surface area contributed by atoms with Crippen molar-refractivity contribution in [2.24, 2.45) is 0 Å². The molecule has 1 aliphatic carbocycles. The SMILES string of the molecule is O=C(C1=C(c2ccc(Cl)cc2)c2cc(O)ccc2CC1)c1ccc(O)cc1. The number of rotatable bonds is 3. The summed E-state index contributed by atoms with van der Waals surface area (Å²) in [6.07, 6.45) is 1.33. The zero-order chi connectivity index (χ0) is 19.0. The van der Waals surface area contributed by atoms with Gasteiger partial charge in [-0.15, -0.1) is 0 Å². The van der Waals surface area contributed by atoms with Crippen LogP contribution >= 0.6 is 11.6 Å². The minimum atomic E-state index is -0.0751. The van der Waals surface area contributed by atoms with Crippen molar-refractivity contribution < 1.29 is 15.0 Å². The Morgan fingerprint density at radius 2 is 1.48 bits per heavy atom. The molecule has 0 unspecified atom stereocenters. The number of aromatic hydroxyl groups is 2. The van der Waals surface area contributed by atoms with Gasteiger partial charge in [0.25, 0.3) is 0 Å². The van der Waals surface area contributed by atoms with Crippen LogP contribution in [0.4, 0.5) is 0 Å². The summed E-state index contributed by atoms with van der Waals surface area (Å²) in [5.41, 5.74) is 4.89. The van der Waals surface area contributed by atoms with Gasteiger partial charge in [-0.25, -0.2) is 0 Å². The van der Waals surface area contributed by atoms with Gasteiger partial charge in [0.15, 0.2) is 5.78 Å². The van der Waals surface area contributed by atoms with Gasteiger partial charge in [-0.1, -0.05) is 29.8 Å². The second-order valence-corrected chi connectivity index (χ2v) is 7.01. The van der Waals surface area contributed by atoms with E-state index in [2.05, 4.69) is 0 Å². The van der Waals surface area contributed by atoms with E-state index in [-0.39, 0.29) is 17.3 Å². The Morgan fingerprint density at radius 1 is 0.815 bits per heavy atom. The van der Waals surface area contributed by atoms with Crippen molar-refractivity contribution in [2.75, 3.05) is 0 Å². The third kappa shape index (κ3) is 3.34. The van der Waals surface area contributed by atoms with Crippen LogP contribution in [0.1, 0.15) is 33.5 Å². The second-order valence-electron chi connectivity index (χ2n) is 6.58. The number of Topliss-reactive ketones (excluding diaryl/α,β-unsaturated/α-hetero) is 1. The van der Waals surface area contributed by atoms with E-state index < -0.39 is 0 Å². The highest BCUT2D eigenvalue weighted by molar-refractivity contribution is 6.30. The number of fused-ring (bicyclic) bond motifs is 1. The normalized spacial score (nSPS) is 13.4. The number of hydrogen-bond donors (Lipinski definition) is 2. The van der Waals surface area contributed by atoms with E-state index in [0.717, 1.165) is 28.7 Å².